The van der Waals surface area contributed by atoms with E-state index in [0.29, 0.717) is 17.4 Å². The summed E-state index contributed by atoms with van der Waals surface area (Å²) in [7, 11) is -3.86. The number of benzene rings is 2. The van der Waals surface area contributed by atoms with Crippen LogP contribution in [0.1, 0.15) is 6.92 Å². The van der Waals surface area contributed by atoms with Gasteiger partial charge in [-0.15, -0.1) is 0 Å². The molecule has 0 N–H and O–H groups in total. The van der Waals surface area contributed by atoms with Gasteiger partial charge in [-0.05, 0) is 55.5 Å². The number of hydrogen-bond donors (Lipinski definition) is 0. The molecule has 0 heterocycles. The molecule has 0 fully saturated rings. The SMILES string of the molecule is CCOc1ccc(S(=O)(=O)Oc2ccc(Cl)cc2)cc1. The van der Waals surface area contributed by atoms with Crippen LogP contribution in [0.5, 0.6) is 11.5 Å². The quantitative estimate of drug-likeness (QED) is 0.793. The first-order valence-corrected chi connectivity index (χ1v) is 7.73. The highest BCUT2D eigenvalue weighted by molar-refractivity contribution is 7.87. The highest BCUT2D eigenvalue weighted by atomic mass is 35.5. The van der Waals surface area contributed by atoms with Crippen LogP contribution in [0.25, 0.3) is 0 Å². The van der Waals surface area contributed by atoms with Gasteiger partial charge in [0.1, 0.15) is 16.4 Å². The molecule has 0 radical (unpaired) electrons. The molecule has 2 aromatic rings. The lowest BCUT2D eigenvalue weighted by atomic mass is 10.3. The zero-order valence-corrected chi connectivity index (χ0v) is 12.3. The molecule has 0 atom stereocenters. The Morgan fingerprint density at radius 3 is 2.05 bits per heavy atom. The van der Waals surface area contributed by atoms with Gasteiger partial charge >= 0.3 is 10.1 Å². The molecule has 0 amide bonds. The van der Waals surface area contributed by atoms with Crippen LogP contribution in [-0.2, 0) is 10.1 Å². The van der Waals surface area contributed by atoms with E-state index in [1.165, 1.54) is 24.3 Å². The molecule has 20 heavy (non-hydrogen) atoms. The van der Waals surface area contributed by atoms with E-state index in [2.05, 4.69) is 0 Å². The Labute approximate surface area is 123 Å². The third kappa shape index (κ3) is 3.65. The van der Waals surface area contributed by atoms with Crippen molar-refractivity contribution in [2.75, 3.05) is 6.61 Å². The van der Waals surface area contributed by atoms with Gasteiger partial charge in [0, 0.05) is 5.02 Å². The summed E-state index contributed by atoms with van der Waals surface area (Å²) in [6.07, 6.45) is 0. The molecule has 0 saturated carbocycles. The summed E-state index contributed by atoms with van der Waals surface area (Å²) in [6.45, 7) is 2.38. The van der Waals surface area contributed by atoms with Gasteiger partial charge in [0.15, 0.2) is 0 Å². The molecule has 0 aliphatic rings. The molecule has 6 heteroatoms. The van der Waals surface area contributed by atoms with Crippen molar-refractivity contribution in [3.8, 4) is 11.5 Å². The van der Waals surface area contributed by atoms with Gasteiger partial charge in [-0.25, -0.2) is 0 Å². The summed E-state index contributed by atoms with van der Waals surface area (Å²) in [5, 5.41) is 0.510. The predicted molar refractivity (Wildman–Crippen MR) is 76.9 cm³/mol. The Hall–Kier alpha value is -1.72. The van der Waals surface area contributed by atoms with Crippen molar-refractivity contribution < 1.29 is 17.3 Å². The zero-order chi connectivity index (χ0) is 14.6. The molecule has 106 valence electrons. The van der Waals surface area contributed by atoms with E-state index in [9.17, 15) is 8.42 Å². The second-order valence-corrected chi connectivity index (χ2v) is 5.88. The molecule has 0 aliphatic carbocycles. The minimum atomic E-state index is -3.86. The summed E-state index contributed by atoms with van der Waals surface area (Å²) in [6, 6.07) is 12.2. The molecule has 2 rings (SSSR count). The fourth-order valence-corrected chi connectivity index (χ4v) is 2.59. The summed E-state index contributed by atoms with van der Waals surface area (Å²) in [5.41, 5.74) is 0. The third-order valence-corrected chi connectivity index (χ3v) is 3.96. The van der Waals surface area contributed by atoms with Gasteiger partial charge in [0.25, 0.3) is 0 Å². The highest BCUT2D eigenvalue weighted by Crippen LogP contribution is 2.22. The molecule has 0 aromatic heterocycles. The maximum atomic E-state index is 12.1. The molecule has 0 saturated heterocycles. The Morgan fingerprint density at radius 2 is 1.50 bits per heavy atom. The van der Waals surface area contributed by atoms with Crippen LogP contribution in [-0.4, -0.2) is 15.0 Å². The van der Waals surface area contributed by atoms with Crippen molar-refractivity contribution in [1.29, 1.82) is 0 Å². The van der Waals surface area contributed by atoms with E-state index in [1.54, 1.807) is 24.3 Å². The lowest BCUT2D eigenvalue weighted by Crippen LogP contribution is -2.09. The van der Waals surface area contributed by atoms with Crippen LogP contribution in [0.15, 0.2) is 53.4 Å². The number of rotatable bonds is 5. The first-order valence-electron chi connectivity index (χ1n) is 5.94. The molecule has 2 aromatic carbocycles. The smallest absolute Gasteiger partial charge is 0.339 e. The molecule has 0 unspecified atom stereocenters. The van der Waals surface area contributed by atoms with Crippen LogP contribution in [0.4, 0.5) is 0 Å². The maximum absolute atomic E-state index is 12.1. The van der Waals surface area contributed by atoms with Gasteiger partial charge in [-0.3, -0.25) is 0 Å². The average molecular weight is 313 g/mol. The summed E-state index contributed by atoms with van der Waals surface area (Å²) < 4.78 is 34.4. The van der Waals surface area contributed by atoms with Crippen molar-refractivity contribution in [3.05, 3.63) is 53.6 Å². The van der Waals surface area contributed by atoms with E-state index in [0.717, 1.165) is 0 Å². The van der Waals surface area contributed by atoms with Gasteiger partial charge in [0.2, 0.25) is 0 Å². The first-order chi connectivity index (χ1) is 9.51. The Morgan fingerprint density at radius 1 is 0.950 bits per heavy atom. The second kappa shape index (κ2) is 6.15. The van der Waals surface area contributed by atoms with Gasteiger partial charge in [-0.1, -0.05) is 11.6 Å². The van der Waals surface area contributed by atoms with Crippen molar-refractivity contribution in [2.45, 2.75) is 11.8 Å². The van der Waals surface area contributed by atoms with Crippen LogP contribution < -0.4 is 8.92 Å². The third-order valence-electron chi connectivity index (χ3n) is 2.44. The minimum Gasteiger partial charge on any atom is -0.494 e. The van der Waals surface area contributed by atoms with Crippen LogP contribution in [0.3, 0.4) is 0 Å². The largest absolute Gasteiger partial charge is 0.494 e. The van der Waals surface area contributed by atoms with Crippen molar-refractivity contribution >= 4 is 21.7 Å². The Bertz CT molecular complexity index is 663. The Kier molecular flexibility index (Phi) is 4.52. The molecular weight excluding hydrogens is 300 g/mol. The second-order valence-electron chi connectivity index (χ2n) is 3.90. The topological polar surface area (TPSA) is 52.6 Å². The van der Waals surface area contributed by atoms with E-state index >= 15 is 0 Å². The van der Waals surface area contributed by atoms with Gasteiger partial charge in [0.05, 0.1) is 6.61 Å². The summed E-state index contributed by atoms with van der Waals surface area (Å²) in [5.74, 6) is 0.821. The lowest BCUT2D eigenvalue weighted by Gasteiger charge is -2.08. The van der Waals surface area contributed by atoms with Crippen molar-refractivity contribution in [2.24, 2.45) is 0 Å². The van der Waals surface area contributed by atoms with E-state index in [-0.39, 0.29) is 10.6 Å². The van der Waals surface area contributed by atoms with Crippen molar-refractivity contribution in [1.82, 2.24) is 0 Å². The fraction of sp³-hybridized carbons (Fsp3) is 0.143. The molecular formula is C14H13ClO4S. The van der Waals surface area contributed by atoms with E-state index in [1.807, 2.05) is 6.92 Å². The molecule has 0 spiro atoms. The monoisotopic (exact) mass is 312 g/mol. The number of hydrogen-bond acceptors (Lipinski definition) is 4. The lowest BCUT2D eigenvalue weighted by molar-refractivity contribution is 0.340. The van der Waals surface area contributed by atoms with Gasteiger partial charge in [-0.2, -0.15) is 8.42 Å². The number of halogens is 1. The summed E-state index contributed by atoms with van der Waals surface area (Å²) in [4.78, 5) is 0.0657. The molecule has 0 bridgehead atoms. The fourth-order valence-electron chi connectivity index (χ4n) is 1.53. The number of ether oxygens (including phenoxy) is 1. The van der Waals surface area contributed by atoms with Crippen LogP contribution in [0, 0.1) is 0 Å². The minimum absolute atomic E-state index is 0.0657. The zero-order valence-electron chi connectivity index (χ0n) is 10.7. The maximum Gasteiger partial charge on any atom is 0.339 e. The standard InChI is InChI=1S/C14H13ClO4S/c1-2-18-12-7-9-14(10-8-12)20(16,17)19-13-5-3-11(15)4-6-13/h3-10H,2H2,1H3. The molecule has 4 nitrogen and oxygen atoms in total. The first kappa shape index (κ1) is 14.7. The van der Waals surface area contributed by atoms with E-state index in [4.69, 9.17) is 20.5 Å². The van der Waals surface area contributed by atoms with E-state index < -0.39 is 10.1 Å². The average Bonchev–Trinajstić information content (AvgIpc) is 2.42. The predicted octanol–water partition coefficient (Wildman–Crippen LogP) is 3.51. The van der Waals surface area contributed by atoms with Gasteiger partial charge < -0.3 is 8.92 Å². The highest BCUT2D eigenvalue weighted by Gasteiger charge is 2.16. The summed E-state index contributed by atoms with van der Waals surface area (Å²) >= 11 is 5.73. The van der Waals surface area contributed by atoms with Crippen LogP contribution >= 0.6 is 11.6 Å². The normalized spacial score (nSPS) is 11.1. The van der Waals surface area contributed by atoms with Crippen molar-refractivity contribution in [3.63, 3.8) is 0 Å². The Balaban J connectivity index is 2.19. The molecule has 0 aliphatic heterocycles. The van der Waals surface area contributed by atoms with Crippen LogP contribution in [0.2, 0.25) is 5.02 Å².